The predicted molar refractivity (Wildman–Crippen MR) is 151 cm³/mol. The number of aryl methyl sites for hydroxylation is 1. The average Bonchev–Trinajstić information content (AvgIpc) is 2.98. The van der Waals surface area contributed by atoms with Crippen molar-refractivity contribution in [2.75, 3.05) is 0 Å². The van der Waals surface area contributed by atoms with Crippen LogP contribution >= 0.6 is 0 Å². The van der Waals surface area contributed by atoms with Crippen molar-refractivity contribution in [1.29, 1.82) is 0 Å². The molecule has 1 aromatic rings. The van der Waals surface area contributed by atoms with Gasteiger partial charge in [0.2, 0.25) is 0 Å². The van der Waals surface area contributed by atoms with Gasteiger partial charge in [0.25, 0.3) is 0 Å². The summed E-state index contributed by atoms with van der Waals surface area (Å²) in [6.07, 6.45) is 5.92. The number of carbonyl (C=O) groups is 3. The van der Waals surface area contributed by atoms with Gasteiger partial charge in [-0.1, -0.05) is 20.8 Å². The van der Waals surface area contributed by atoms with Crippen LogP contribution in [0.1, 0.15) is 105 Å². The molecule has 1 aromatic carbocycles. The van der Waals surface area contributed by atoms with Crippen molar-refractivity contribution >= 4 is 17.9 Å². The Labute approximate surface area is 243 Å². The van der Waals surface area contributed by atoms with Crippen molar-refractivity contribution in [2.45, 2.75) is 124 Å². The normalized spacial score (nSPS) is 38.8. The Kier molecular flexibility index (Phi) is 7.18. The first-order chi connectivity index (χ1) is 19.0. The summed E-state index contributed by atoms with van der Waals surface area (Å²) in [7, 11) is 0. The van der Waals surface area contributed by atoms with Gasteiger partial charge in [-0.3, -0.25) is 14.4 Å². The fraction of sp³-hybridized carbons (Fsp3) is 0.727. The van der Waals surface area contributed by atoms with Crippen LogP contribution in [0.3, 0.4) is 0 Å². The molecule has 226 valence electrons. The Hall–Kier alpha value is -2.45. The van der Waals surface area contributed by atoms with Crippen LogP contribution < -0.4 is 9.47 Å². The zero-order chi connectivity index (χ0) is 30.2. The number of ether oxygens (including phenoxy) is 5. The lowest BCUT2D eigenvalue weighted by atomic mass is 9.40. The number of hydrogen-bond acceptors (Lipinski definition) is 8. The molecule has 2 aliphatic heterocycles. The van der Waals surface area contributed by atoms with Gasteiger partial charge in [-0.2, -0.15) is 0 Å². The van der Waals surface area contributed by atoms with Gasteiger partial charge in [0, 0.05) is 27.2 Å². The number of carbonyl (C=O) groups excluding carboxylic acids is 3. The summed E-state index contributed by atoms with van der Waals surface area (Å²) in [6.45, 7) is 17.4. The van der Waals surface area contributed by atoms with Gasteiger partial charge in [-0.15, -0.1) is 0 Å². The number of benzene rings is 1. The van der Waals surface area contributed by atoms with E-state index in [0.717, 1.165) is 43.2 Å². The Morgan fingerprint density at radius 1 is 0.854 bits per heavy atom. The molecule has 2 heterocycles. The molecule has 0 amide bonds. The van der Waals surface area contributed by atoms with E-state index in [1.165, 1.54) is 20.8 Å². The molecule has 4 aliphatic rings. The van der Waals surface area contributed by atoms with Crippen molar-refractivity contribution in [3.05, 3.63) is 23.3 Å². The van der Waals surface area contributed by atoms with Crippen LogP contribution in [0.2, 0.25) is 0 Å². The summed E-state index contributed by atoms with van der Waals surface area (Å²) in [5.41, 5.74) is 0.305. The van der Waals surface area contributed by atoms with Gasteiger partial charge in [0.15, 0.2) is 0 Å². The molecule has 5 rings (SSSR count). The van der Waals surface area contributed by atoms with E-state index in [4.69, 9.17) is 23.7 Å². The van der Waals surface area contributed by atoms with Crippen LogP contribution in [0.15, 0.2) is 12.1 Å². The minimum Gasteiger partial charge on any atom is -0.427 e. The molecular formula is C33H46O8. The minimum atomic E-state index is -1.31. The molecule has 2 aliphatic carbocycles. The maximum Gasteiger partial charge on any atom is 0.330 e. The summed E-state index contributed by atoms with van der Waals surface area (Å²) in [5, 5.41) is 0. The van der Waals surface area contributed by atoms with E-state index in [9.17, 15) is 14.4 Å². The third kappa shape index (κ3) is 4.69. The molecule has 41 heavy (non-hydrogen) atoms. The van der Waals surface area contributed by atoms with Crippen molar-refractivity contribution in [3.8, 4) is 11.5 Å². The van der Waals surface area contributed by atoms with E-state index in [0.29, 0.717) is 36.2 Å². The molecule has 8 nitrogen and oxygen atoms in total. The largest absolute Gasteiger partial charge is 0.427 e. The molecule has 8 heteroatoms. The van der Waals surface area contributed by atoms with E-state index in [-0.39, 0.29) is 28.7 Å². The second-order valence-electron chi connectivity index (χ2n) is 14.1. The summed E-state index contributed by atoms with van der Waals surface area (Å²) in [5.74, 6) is -0.457. The highest BCUT2D eigenvalue weighted by molar-refractivity contribution is 5.72. The van der Waals surface area contributed by atoms with E-state index in [2.05, 4.69) is 34.6 Å². The fourth-order valence-corrected chi connectivity index (χ4v) is 9.47. The second-order valence-corrected chi connectivity index (χ2v) is 14.1. The molecule has 0 radical (unpaired) electrons. The van der Waals surface area contributed by atoms with Gasteiger partial charge in [-0.25, -0.2) is 0 Å². The van der Waals surface area contributed by atoms with Crippen molar-refractivity contribution in [1.82, 2.24) is 0 Å². The third-order valence-electron chi connectivity index (χ3n) is 11.2. The van der Waals surface area contributed by atoms with Gasteiger partial charge < -0.3 is 23.7 Å². The minimum absolute atomic E-state index is 0.0446. The standard InChI is InChI=1S/C33H46O8/c1-19-16-25(37-21(3)34)17-24(28(19)38-22(4)35)18-31(9)20(2)10-13-30(8)26(31)11-14-32-27(30)12-15-33(41-32,39-23(5)36)40-29(32,6)7/h16-17,20,26-27H,10-15,18H2,1-9H3/t20-,26-,27-,30+,31-,32+,33+/m0/s1. The van der Waals surface area contributed by atoms with Crippen molar-refractivity contribution in [2.24, 2.45) is 28.6 Å². The zero-order valence-electron chi connectivity index (χ0n) is 26.1. The SMILES string of the molecule is CC(=O)Oc1cc(C)c(OC(C)=O)c(C[C@]2(C)[C@H]3CC[C@@]45O[C@@](OC(C)=O)(CC[C@H]4[C@]3(C)CC[C@@H]2C)OC5(C)C)c1. The van der Waals surface area contributed by atoms with Crippen LogP contribution in [0.25, 0.3) is 0 Å². The molecule has 7 atom stereocenters. The molecular weight excluding hydrogens is 524 g/mol. The van der Waals surface area contributed by atoms with Crippen LogP contribution in [0.5, 0.6) is 11.5 Å². The van der Waals surface area contributed by atoms with Crippen molar-refractivity contribution in [3.63, 3.8) is 0 Å². The Balaban J connectivity index is 1.54. The average molecular weight is 571 g/mol. The smallest absolute Gasteiger partial charge is 0.330 e. The number of rotatable bonds is 5. The van der Waals surface area contributed by atoms with E-state index < -0.39 is 23.1 Å². The maximum atomic E-state index is 12.1. The van der Waals surface area contributed by atoms with Crippen LogP contribution in [-0.4, -0.2) is 35.1 Å². The van der Waals surface area contributed by atoms with Crippen LogP contribution in [-0.2, 0) is 35.0 Å². The van der Waals surface area contributed by atoms with E-state index in [1.807, 2.05) is 13.0 Å². The topological polar surface area (TPSA) is 97.4 Å². The van der Waals surface area contributed by atoms with Gasteiger partial charge in [0.1, 0.15) is 17.1 Å². The number of fused-ring (bicyclic) bond motifs is 3. The van der Waals surface area contributed by atoms with E-state index >= 15 is 0 Å². The molecule has 2 bridgehead atoms. The molecule has 2 saturated carbocycles. The molecule has 0 unspecified atom stereocenters. The Bertz CT molecular complexity index is 1270. The summed E-state index contributed by atoms with van der Waals surface area (Å²) in [6, 6.07) is 3.62. The molecule has 1 spiro atoms. The van der Waals surface area contributed by atoms with E-state index in [1.54, 1.807) is 6.07 Å². The first-order valence-corrected chi connectivity index (χ1v) is 15.1. The maximum absolute atomic E-state index is 12.1. The Morgan fingerprint density at radius 3 is 2.15 bits per heavy atom. The lowest BCUT2D eigenvalue weighted by Gasteiger charge is -2.66. The first-order valence-electron chi connectivity index (χ1n) is 15.1. The zero-order valence-corrected chi connectivity index (χ0v) is 26.1. The highest BCUT2D eigenvalue weighted by atomic mass is 16.9. The number of esters is 3. The summed E-state index contributed by atoms with van der Waals surface area (Å²) in [4.78, 5) is 35.9. The highest BCUT2D eigenvalue weighted by Gasteiger charge is 2.75. The van der Waals surface area contributed by atoms with Crippen LogP contribution in [0, 0.1) is 35.5 Å². The second kappa shape index (κ2) is 9.80. The lowest BCUT2D eigenvalue weighted by Crippen LogP contribution is -2.67. The lowest BCUT2D eigenvalue weighted by molar-refractivity contribution is -0.364. The van der Waals surface area contributed by atoms with Gasteiger partial charge in [-0.05, 0) is 111 Å². The Morgan fingerprint density at radius 2 is 1.51 bits per heavy atom. The highest BCUT2D eigenvalue weighted by Crippen LogP contribution is 2.71. The molecule has 4 fully saturated rings. The quantitative estimate of drug-likeness (QED) is 0.295. The van der Waals surface area contributed by atoms with Crippen LogP contribution in [0.4, 0.5) is 0 Å². The monoisotopic (exact) mass is 570 g/mol. The van der Waals surface area contributed by atoms with Gasteiger partial charge >= 0.3 is 23.9 Å². The van der Waals surface area contributed by atoms with Crippen molar-refractivity contribution < 1.29 is 38.1 Å². The summed E-state index contributed by atoms with van der Waals surface area (Å²) >= 11 is 0. The first kappa shape index (κ1) is 30.0. The fourth-order valence-electron chi connectivity index (χ4n) is 9.47. The number of hydrogen-bond donors (Lipinski definition) is 0. The molecule has 2 saturated heterocycles. The summed E-state index contributed by atoms with van der Waals surface area (Å²) < 4.78 is 30.2. The predicted octanol–water partition coefficient (Wildman–Crippen LogP) is 6.43. The van der Waals surface area contributed by atoms with Gasteiger partial charge in [0.05, 0.1) is 5.60 Å². The molecule has 0 N–H and O–H groups in total. The third-order valence-corrected chi connectivity index (χ3v) is 11.2. The molecule has 0 aromatic heterocycles.